The number of cyclic esters (lactones) is 1. The number of carbonyl (C=O) groups excluding carboxylic acids is 2. The number of ether oxygens (including phenoxy) is 1. The van der Waals surface area contributed by atoms with Crippen LogP contribution in [0.1, 0.15) is 44.1 Å². The number of carbonyl (C=O) groups is 2. The molecule has 2 amide bonds. The molecule has 1 aliphatic heterocycles. The van der Waals surface area contributed by atoms with E-state index in [2.05, 4.69) is 6.58 Å². The molecular weight excluding hydrogens is 290 g/mol. The smallest absolute Gasteiger partial charge is 0.416 e. The Morgan fingerprint density at radius 2 is 1.96 bits per heavy atom. The lowest BCUT2D eigenvalue weighted by atomic mass is 10.0. The van der Waals surface area contributed by atoms with Gasteiger partial charge in [-0.25, -0.2) is 9.69 Å². The van der Waals surface area contributed by atoms with Crippen LogP contribution in [0, 0.1) is 0 Å². The predicted octanol–water partition coefficient (Wildman–Crippen LogP) is 4.10. The molecule has 2 rings (SSSR count). The summed E-state index contributed by atoms with van der Waals surface area (Å²) in [5, 5.41) is 0. The van der Waals surface area contributed by atoms with Crippen LogP contribution < -0.4 is 0 Å². The SMILES string of the molecule is C=CCCCCCCC(=O)N1C(=O)OCC1Cc1ccccc1. The molecule has 0 radical (unpaired) electrons. The van der Waals surface area contributed by atoms with E-state index >= 15 is 0 Å². The Labute approximate surface area is 138 Å². The Morgan fingerprint density at radius 3 is 2.70 bits per heavy atom. The lowest BCUT2D eigenvalue weighted by molar-refractivity contribution is -0.129. The van der Waals surface area contributed by atoms with Crippen LogP contribution in [0.2, 0.25) is 0 Å². The molecule has 124 valence electrons. The summed E-state index contributed by atoms with van der Waals surface area (Å²) in [6.45, 7) is 3.99. The number of unbranched alkanes of at least 4 members (excludes halogenated alkanes) is 4. The molecule has 1 aliphatic rings. The first-order valence-electron chi connectivity index (χ1n) is 8.36. The molecule has 4 heteroatoms. The monoisotopic (exact) mass is 315 g/mol. The highest BCUT2D eigenvalue weighted by molar-refractivity contribution is 5.93. The van der Waals surface area contributed by atoms with Gasteiger partial charge in [-0.15, -0.1) is 6.58 Å². The Morgan fingerprint density at radius 1 is 1.22 bits per heavy atom. The number of nitrogens with zero attached hydrogens (tertiary/aromatic N) is 1. The summed E-state index contributed by atoms with van der Waals surface area (Å²) >= 11 is 0. The number of rotatable bonds is 9. The van der Waals surface area contributed by atoms with Crippen LogP contribution in [-0.2, 0) is 16.0 Å². The van der Waals surface area contributed by atoms with Gasteiger partial charge in [0, 0.05) is 6.42 Å². The molecule has 1 aromatic carbocycles. The standard InChI is InChI=1S/C19H25NO3/c1-2-3-4-5-6-10-13-18(21)20-17(15-23-19(20)22)14-16-11-8-7-9-12-16/h2,7-9,11-12,17H,1,3-6,10,13-15H2. The highest BCUT2D eigenvalue weighted by atomic mass is 16.6. The third-order valence-electron chi connectivity index (χ3n) is 4.09. The Bertz CT molecular complexity index is 527. The fraction of sp³-hybridized carbons (Fsp3) is 0.474. The van der Waals surface area contributed by atoms with Gasteiger partial charge in [0.1, 0.15) is 6.61 Å². The van der Waals surface area contributed by atoms with Crippen molar-refractivity contribution in [3.05, 3.63) is 48.6 Å². The highest BCUT2D eigenvalue weighted by Gasteiger charge is 2.37. The van der Waals surface area contributed by atoms with Crippen molar-refractivity contribution in [1.29, 1.82) is 0 Å². The van der Waals surface area contributed by atoms with E-state index in [4.69, 9.17) is 4.74 Å². The first-order valence-corrected chi connectivity index (χ1v) is 8.36. The summed E-state index contributed by atoms with van der Waals surface area (Å²) < 4.78 is 5.09. The van der Waals surface area contributed by atoms with Gasteiger partial charge in [-0.05, 0) is 31.2 Å². The fourth-order valence-electron chi connectivity index (χ4n) is 2.84. The molecule has 0 saturated carbocycles. The van der Waals surface area contributed by atoms with Crippen molar-refractivity contribution in [1.82, 2.24) is 4.90 Å². The van der Waals surface area contributed by atoms with E-state index in [0.29, 0.717) is 19.4 Å². The van der Waals surface area contributed by atoms with E-state index in [9.17, 15) is 9.59 Å². The van der Waals surface area contributed by atoms with Crippen LogP contribution in [0.25, 0.3) is 0 Å². The Hall–Kier alpha value is -2.10. The second-order valence-electron chi connectivity index (χ2n) is 5.93. The third kappa shape index (κ3) is 5.23. The quantitative estimate of drug-likeness (QED) is 0.509. The minimum atomic E-state index is -0.498. The van der Waals surface area contributed by atoms with E-state index in [1.54, 1.807) is 0 Å². The maximum atomic E-state index is 12.4. The van der Waals surface area contributed by atoms with Gasteiger partial charge in [0.05, 0.1) is 6.04 Å². The molecule has 1 unspecified atom stereocenters. The zero-order valence-corrected chi connectivity index (χ0v) is 13.6. The highest BCUT2D eigenvalue weighted by Crippen LogP contribution is 2.19. The Balaban J connectivity index is 1.81. The molecular formula is C19H25NO3. The van der Waals surface area contributed by atoms with Gasteiger partial charge in [-0.3, -0.25) is 4.79 Å². The summed E-state index contributed by atoms with van der Waals surface area (Å²) in [7, 11) is 0. The van der Waals surface area contributed by atoms with Gasteiger partial charge in [0.25, 0.3) is 0 Å². The van der Waals surface area contributed by atoms with E-state index in [1.807, 2.05) is 36.4 Å². The number of hydrogen-bond donors (Lipinski definition) is 0. The normalized spacial score (nSPS) is 17.1. The van der Waals surface area contributed by atoms with Crippen molar-refractivity contribution in [3.8, 4) is 0 Å². The Kier molecular flexibility index (Phi) is 6.85. The molecule has 23 heavy (non-hydrogen) atoms. The summed E-state index contributed by atoms with van der Waals surface area (Å²) in [6, 6.07) is 9.70. The van der Waals surface area contributed by atoms with Crippen LogP contribution >= 0.6 is 0 Å². The summed E-state index contributed by atoms with van der Waals surface area (Å²) in [4.78, 5) is 25.5. The van der Waals surface area contributed by atoms with Crippen molar-refractivity contribution >= 4 is 12.0 Å². The van der Waals surface area contributed by atoms with E-state index in [1.165, 1.54) is 4.90 Å². The molecule has 1 saturated heterocycles. The minimum absolute atomic E-state index is 0.114. The predicted molar refractivity (Wildman–Crippen MR) is 90.0 cm³/mol. The van der Waals surface area contributed by atoms with Crippen LogP contribution in [0.15, 0.2) is 43.0 Å². The molecule has 0 N–H and O–H groups in total. The van der Waals surface area contributed by atoms with Crippen LogP contribution in [-0.4, -0.2) is 29.5 Å². The summed E-state index contributed by atoms with van der Waals surface area (Å²) in [5.41, 5.74) is 1.11. The minimum Gasteiger partial charge on any atom is -0.447 e. The first-order chi connectivity index (χ1) is 11.2. The van der Waals surface area contributed by atoms with Gasteiger partial charge in [-0.2, -0.15) is 0 Å². The van der Waals surface area contributed by atoms with Crippen molar-refractivity contribution in [2.24, 2.45) is 0 Å². The third-order valence-corrected chi connectivity index (χ3v) is 4.09. The number of hydrogen-bond acceptors (Lipinski definition) is 3. The average molecular weight is 315 g/mol. The maximum Gasteiger partial charge on any atom is 0.416 e. The molecule has 1 fully saturated rings. The van der Waals surface area contributed by atoms with Crippen molar-refractivity contribution in [2.45, 2.75) is 51.0 Å². The van der Waals surface area contributed by atoms with Gasteiger partial charge >= 0.3 is 6.09 Å². The molecule has 0 bridgehead atoms. The van der Waals surface area contributed by atoms with E-state index < -0.39 is 6.09 Å². The first kappa shape index (κ1) is 17.3. The summed E-state index contributed by atoms with van der Waals surface area (Å²) in [6.07, 6.45) is 7.53. The van der Waals surface area contributed by atoms with E-state index in [0.717, 1.165) is 37.7 Å². The number of amides is 2. The molecule has 0 aromatic heterocycles. The number of imide groups is 1. The number of benzene rings is 1. The van der Waals surface area contributed by atoms with Gasteiger partial charge in [0.2, 0.25) is 5.91 Å². The number of allylic oxidation sites excluding steroid dienone is 1. The summed E-state index contributed by atoms with van der Waals surface area (Å²) in [5.74, 6) is -0.114. The van der Waals surface area contributed by atoms with Crippen LogP contribution in [0.5, 0.6) is 0 Å². The second kappa shape index (κ2) is 9.13. The zero-order chi connectivity index (χ0) is 16.5. The van der Waals surface area contributed by atoms with Gasteiger partial charge < -0.3 is 4.74 Å². The molecule has 0 aliphatic carbocycles. The molecule has 1 heterocycles. The topological polar surface area (TPSA) is 46.6 Å². The van der Waals surface area contributed by atoms with Gasteiger partial charge in [0.15, 0.2) is 0 Å². The molecule has 4 nitrogen and oxygen atoms in total. The second-order valence-corrected chi connectivity index (χ2v) is 5.93. The molecule has 1 atom stereocenters. The molecule has 1 aromatic rings. The lowest BCUT2D eigenvalue weighted by Crippen LogP contribution is -2.40. The van der Waals surface area contributed by atoms with Crippen molar-refractivity contribution in [2.75, 3.05) is 6.61 Å². The lowest BCUT2D eigenvalue weighted by Gasteiger charge is -2.19. The van der Waals surface area contributed by atoms with Crippen LogP contribution in [0.3, 0.4) is 0 Å². The zero-order valence-electron chi connectivity index (χ0n) is 13.6. The van der Waals surface area contributed by atoms with E-state index in [-0.39, 0.29) is 11.9 Å². The average Bonchev–Trinajstić information content (AvgIpc) is 2.92. The van der Waals surface area contributed by atoms with Crippen molar-refractivity contribution in [3.63, 3.8) is 0 Å². The van der Waals surface area contributed by atoms with Crippen molar-refractivity contribution < 1.29 is 14.3 Å². The van der Waals surface area contributed by atoms with Crippen LogP contribution in [0.4, 0.5) is 4.79 Å². The fourth-order valence-corrected chi connectivity index (χ4v) is 2.84. The molecule has 0 spiro atoms. The largest absolute Gasteiger partial charge is 0.447 e. The maximum absolute atomic E-state index is 12.4. The van der Waals surface area contributed by atoms with Gasteiger partial charge in [-0.1, -0.05) is 49.2 Å².